The van der Waals surface area contributed by atoms with E-state index in [2.05, 4.69) is 15.5 Å². The smallest absolute Gasteiger partial charge is 0.206 e. The second-order valence-corrected chi connectivity index (χ2v) is 8.57. The molecule has 1 heterocycles. The number of halogens is 2. The van der Waals surface area contributed by atoms with Crippen LogP contribution >= 0.6 is 23.1 Å². The van der Waals surface area contributed by atoms with Gasteiger partial charge in [0.05, 0.1) is 5.25 Å². The van der Waals surface area contributed by atoms with Gasteiger partial charge in [-0.1, -0.05) is 23.1 Å². The van der Waals surface area contributed by atoms with Gasteiger partial charge in [-0.15, -0.1) is 10.2 Å². The Morgan fingerprint density at radius 1 is 1.26 bits per heavy atom. The number of aromatic nitrogens is 2. The van der Waals surface area contributed by atoms with E-state index in [9.17, 15) is 13.6 Å². The van der Waals surface area contributed by atoms with E-state index in [0.29, 0.717) is 9.47 Å². The van der Waals surface area contributed by atoms with Crippen LogP contribution in [0.1, 0.15) is 38.1 Å². The molecule has 0 bridgehead atoms. The van der Waals surface area contributed by atoms with Crippen molar-refractivity contribution < 1.29 is 13.6 Å². The zero-order chi connectivity index (χ0) is 17.2. The molecule has 1 aromatic heterocycles. The van der Waals surface area contributed by atoms with Gasteiger partial charge >= 0.3 is 0 Å². The molecule has 0 aliphatic carbocycles. The molecule has 0 saturated carbocycles. The van der Waals surface area contributed by atoms with Crippen LogP contribution in [0.2, 0.25) is 0 Å². The summed E-state index contributed by atoms with van der Waals surface area (Å²) >= 11 is 2.59. The first-order valence-corrected chi connectivity index (χ1v) is 8.63. The Balaban J connectivity index is 2.05. The summed E-state index contributed by atoms with van der Waals surface area (Å²) < 4.78 is 26.8. The maximum Gasteiger partial charge on any atom is 0.206 e. The van der Waals surface area contributed by atoms with Gasteiger partial charge in [0, 0.05) is 11.1 Å². The third-order valence-corrected chi connectivity index (χ3v) is 4.76. The molecule has 23 heavy (non-hydrogen) atoms. The largest absolute Gasteiger partial charge is 0.355 e. The summed E-state index contributed by atoms with van der Waals surface area (Å²) in [5.41, 5.74) is 0.00982. The van der Waals surface area contributed by atoms with Crippen molar-refractivity contribution in [2.24, 2.45) is 0 Å². The van der Waals surface area contributed by atoms with Crippen LogP contribution in [-0.2, 0) is 0 Å². The molecule has 0 radical (unpaired) electrons. The van der Waals surface area contributed by atoms with Crippen molar-refractivity contribution >= 4 is 34.0 Å². The molecule has 2 rings (SSSR count). The molecular weight excluding hydrogens is 340 g/mol. The van der Waals surface area contributed by atoms with E-state index in [-0.39, 0.29) is 16.9 Å². The number of Topliss-reactive ketones (excluding diaryl/α,β-unsaturated/α-hetero) is 1. The fourth-order valence-electron chi connectivity index (χ4n) is 1.72. The zero-order valence-corrected chi connectivity index (χ0v) is 14.8. The molecule has 1 N–H and O–H groups in total. The summed E-state index contributed by atoms with van der Waals surface area (Å²) in [5, 5.41) is 11.5. The molecule has 0 aliphatic rings. The first-order chi connectivity index (χ1) is 10.7. The van der Waals surface area contributed by atoms with Crippen molar-refractivity contribution in [2.75, 3.05) is 5.32 Å². The van der Waals surface area contributed by atoms with Gasteiger partial charge in [-0.05, 0) is 45.9 Å². The van der Waals surface area contributed by atoms with Crippen LogP contribution < -0.4 is 5.32 Å². The van der Waals surface area contributed by atoms with Gasteiger partial charge in [-0.3, -0.25) is 4.79 Å². The van der Waals surface area contributed by atoms with E-state index >= 15 is 0 Å². The van der Waals surface area contributed by atoms with Crippen molar-refractivity contribution in [3.05, 3.63) is 35.4 Å². The molecule has 0 spiro atoms. The Morgan fingerprint density at radius 3 is 2.57 bits per heavy atom. The molecule has 1 unspecified atom stereocenters. The van der Waals surface area contributed by atoms with E-state index in [1.165, 1.54) is 29.2 Å². The number of carbonyl (C=O) groups excluding carboxylic acids is 1. The maximum absolute atomic E-state index is 13.2. The molecule has 124 valence electrons. The molecule has 4 nitrogen and oxygen atoms in total. The number of benzene rings is 1. The second kappa shape index (κ2) is 6.92. The SMILES string of the molecule is CC(Sc1nnc(NC(C)(C)C)s1)C(=O)c1ccc(F)c(F)c1. The van der Waals surface area contributed by atoms with Crippen molar-refractivity contribution in [2.45, 2.75) is 42.8 Å². The fraction of sp³-hybridized carbons (Fsp3) is 0.400. The topological polar surface area (TPSA) is 54.9 Å². The molecule has 1 atom stereocenters. The van der Waals surface area contributed by atoms with E-state index in [0.717, 1.165) is 12.1 Å². The fourth-order valence-corrected chi connectivity index (χ4v) is 3.90. The molecule has 0 fully saturated rings. The highest BCUT2D eigenvalue weighted by Crippen LogP contribution is 2.31. The quantitative estimate of drug-likeness (QED) is 0.635. The van der Waals surface area contributed by atoms with Gasteiger partial charge in [0.25, 0.3) is 0 Å². The Hall–Kier alpha value is -1.54. The van der Waals surface area contributed by atoms with E-state index in [1.54, 1.807) is 6.92 Å². The van der Waals surface area contributed by atoms with Crippen molar-refractivity contribution in [3.63, 3.8) is 0 Å². The lowest BCUT2D eigenvalue weighted by Gasteiger charge is -2.18. The highest BCUT2D eigenvalue weighted by Gasteiger charge is 2.21. The van der Waals surface area contributed by atoms with Crippen molar-refractivity contribution in [3.8, 4) is 0 Å². The number of nitrogens with zero attached hydrogens (tertiary/aromatic N) is 2. The highest BCUT2D eigenvalue weighted by molar-refractivity contribution is 8.02. The van der Waals surface area contributed by atoms with Gasteiger partial charge in [0.1, 0.15) is 0 Å². The van der Waals surface area contributed by atoms with Gasteiger partial charge in [0.2, 0.25) is 5.13 Å². The minimum absolute atomic E-state index is 0.130. The Morgan fingerprint density at radius 2 is 1.96 bits per heavy atom. The summed E-state index contributed by atoms with van der Waals surface area (Å²) in [6.45, 7) is 7.73. The lowest BCUT2D eigenvalue weighted by atomic mass is 10.1. The van der Waals surface area contributed by atoms with Crippen LogP contribution in [-0.4, -0.2) is 26.8 Å². The zero-order valence-electron chi connectivity index (χ0n) is 13.2. The minimum atomic E-state index is -1.03. The van der Waals surface area contributed by atoms with Crippen LogP contribution in [0.15, 0.2) is 22.5 Å². The summed E-state index contributed by atoms with van der Waals surface area (Å²) in [6.07, 6.45) is 0. The van der Waals surface area contributed by atoms with Gasteiger partial charge in [0.15, 0.2) is 21.8 Å². The highest BCUT2D eigenvalue weighted by atomic mass is 32.2. The molecule has 0 amide bonds. The Kier molecular flexibility index (Phi) is 5.36. The second-order valence-electron chi connectivity index (χ2n) is 6.00. The van der Waals surface area contributed by atoms with Crippen molar-refractivity contribution in [1.29, 1.82) is 0 Å². The number of thioether (sulfide) groups is 1. The van der Waals surface area contributed by atoms with Gasteiger partial charge in [-0.25, -0.2) is 8.78 Å². The minimum Gasteiger partial charge on any atom is -0.355 e. The Bertz CT molecular complexity index is 713. The molecule has 8 heteroatoms. The number of anilines is 1. The average molecular weight is 357 g/mol. The van der Waals surface area contributed by atoms with E-state index in [4.69, 9.17) is 0 Å². The molecular formula is C15H17F2N3OS2. The Labute approximate surface area is 141 Å². The number of ketones is 1. The number of hydrogen-bond acceptors (Lipinski definition) is 6. The number of rotatable bonds is 5. The van der Waals surface area contributed by atoms with Gasteiger partial charge in [-0.2, -0.15) is 0 Å². The third kappa shape index (κ3) is 4.97. The molecule has 1 aromatic carbocycles. The first-order valence-electron chi connectivity index (χ1n) is 6.93. The predicted molar refractivity (Wildman–Crippen MR) is 89.3 cm³/mol. The summed E-state index contributed by atoms with van der Waals surface area (Å²) in [6, 6.07) is 3.15. The molecule has 2 aromatic rings. The lowest BCUT2D eigenvalue weighted by molar-refractivity contribution is 0.0993. The summed E-state index contributed by atoms with van der Waals surface area (Å²) in [5.74, 6) is -2.28. The summed E-state index contributed by atoms with van der Waals surface area (Å²) in [4.78, 5) is 12.3. The molecule has 0 saturated heterocycles. The van der Waals surface area contributed by atoms with Crippen molar-refractivity contribution in [1.82, 2.24) is 10.2 Å². The standard InChI is InChI=1S/C15H17F2N3OS2/c1-8(12(21)9-5-6-10(16)11(17)7-9)22-14-20-19-13(23-14)18-15(2,3)4/h5-8H,1-4H3,(H,18,19). The summed E-state index contributed by atoms with van der Waals surface area (Å²) in [7, 11) is 0. The molecule has 0 aliphatic heterocycles. The number of nitrogens with one attached hydrogen (secondary N) is 1. The van der Waals surface area contributed by atoms with Gasteiger partial charge < -0.3 is 5.32 Å². The van der Waals surface area contributed by atoms with E-state index in [1.807, 2.05) is 20.8 Å². The number of carbonyl (C=O) groups is 1. The average Bonchev–Trinajstić information content (AvgIpc) is 2.85. The monoisotopic (exact) mass is 357 g/mol. The number of hydrogen-bond donors (Lipinski definition) is 1. The van der Waals surface area contributed by atoms with Crippen LogP contribution in [0.5, 0.6) is 0 Å². The lowest BCUT2D eigenvalue weighted by Crippen LogP contribution is -2.25. The predicted octanol–water partition coefficient (Wildman–Crippen LogP) is 4.39. The van der Waals surface area contributed by atoms with Crippen LogP contribution in [0.4, 0.5) is 13.9 Å². The van der Waals surface area contributed by atoms with Crippen LogP contribution in [0.3, 0.4) is 0 Å². The van der Waals surface area contributed by atoms with Crippen LogP contribution in [0, 0.1) is 11.6 Å². The third-order valence-electron chi connectivity index (χ3n) is 2.74. The normalized spacial score (nSPS) is 13.0. The first kappa shape index (κ1) is 17.8. The maximum atomic E-state index is 13.2. The van der Waals surface area contributed by atoms with Crippen LogP contribution in [0.25, 0.3) is 0 Å². The van der Waals surface area contributed by atoms with E-state index < -0.39 is 16.9 Å².